The zero-order valence-electron chi connectivity index (χ0n) is 12.9. The first-order valence-corrected chi connectivity index (χ1v) is 7.94. The van der Waals surface area contributed by atoms with Crippen molar-refractivity contribution < 1.29 is 4.92 Å². The predicted molar refractivity (Wildman–Crippen MR) is 87.0 cm³/mol. The number of nitro groups is 1. The molecule has 0 saturated carbocycles. The number of halogens is 1. The van der Waals surface area contributed by atoms with Crippen molar-refractivity contribution in [2.45, 2.75) is 39.5 Å². The van der Waals surface area contributed by atoms with E-state index in [1.54, 1.807) is 12.1 Å². The van der Waals surface area contributed by atoms with E-state index in [0.29, 0.717) is 11.3 Å². The van der Waals surface area contributed by atoms with Gasteiger partial charge in [0, 0.05) is 36.8 Å². The smallest absolute Gasteiger partial charge is 0.269 e. The molecule has 0 unspecified atom stereocenters. The molecule has 1 fully saturated rings. The van der Waals surface area contributed by atoms with E-state index in [2.05, 4.69) is 25.7 Å². The number of non-ortho nitro benzene ring substituents is 1. The number of hydrogen-bond donors (Lipinski definition) is 0. The molecule has 1 aliphatic rings. The highest BCUT2D eigenvalue weighted by Gasteiger charge is 2.29. The lowest BCUT2D eigenvalue weighted by molar-refractivity contribution is -0.384. The maximum Gasteiger partial charge on any atom is 0.269 e. The largest absolute Gasteiger partial charge is 0.371 e. The van der Waals surface area contributed by atoms with Crippen LogP contribution < -0.4 is 4.90 Å². The molecule has 1 aromatic rings. The summed E-state index contributed by atoms with van der Waals surface area (Å²) in [7, 11) is 0. The van der Waals surface area contributed by atoms with Gasteiger partial charge in [-0.3, -0.25) is 10.1 Å². The van der Waals surface area contributed by atoms with Gasteiger partial charge in [0.05, 0.1) is 4.92 Å². The first-order valence-electron chi connectivity index (χ1n) is 7.41. The Morgan fingerprint density at radius 1 is 1.33 bits per heavy atom. The lowest BCUT2D eigenvalue weighted by atomic mass is 9.75. The van der Waals surface area contributed by atoms with Gasteiger partial charge >= 0.3 is 0 Å². The molecule has 0 spiro atoms. The van der Waals surface area contributed by atoms with Crippen LogP contribution in [0.5, 0.6) is 0 Å². The van der Waals surface area contributed by atoms with Gasteiger partial charge in [-0.1, -0.05) is 20.8 Å². The lowest BCUT2D eigenvalue weighted by Crippen LogP contribution is -2.38. The second-order valence-corrected chi connectivity index (χ2v) is 7.10. The van der Waals surface area contributed by atoms with Gasteiger partial charge in [0.1, 0.15) is 0 Å². The third kappa shape index (κ3) is 3.67. The van der Waals surface area contributed by atoms with Crippen molar-refractivity contribution >= 4 is 23.0 Å². The van der Waals surface area contributed by atoms with Crippen molar-refractivity contribution in [2.75, 3.05) is 18.0 Å². The third-order valence-corrected chi connectivity index (χ3v) is 4.77. The summed E-state index contributed by atoms with van der Waals surface area (Å²) in [5, 5.41) is 10.9. The van der Waals surface area contributed by atoms with Crippen LogP contribution in [0.3, 0.4) is 0 Å². The highest BCUT2D eigenvalue weighted by atomic mass is 35.5. The number of piperidine rings is 1. The van der Waals surface area contributed by atoms with Crippen LogP contribution >= 0.6 is 11.6 Å². The normalized spacial score (nSPS) is 17.0. The van der Waals surface area contributed by atoms with E-state index in [4.69, 9.17) is 11.6 Å². The molecule has 21 heavy (non-hydrogen) atoms. The van der Waals surface area contributed by atoms with Crippen molar-refractivity contribution in [3.05, 3.63) is 33.9 Å². The molecule has 1 saturated heterocycles. The summed E-state index contributed by atoms with van der Waals surface area (Å²) in [6.07, 6.45) is 2.31. The second kappa shape index (κ2) is 6.22. The molecule has 0 atom stereocenters. The Balaban J connectivity index is 2.15. The predicted octanol–water partition coefficient (Wildman–Crippen LogP) is 4.60. The van der Waals surface area contributed by atoms with E-state index in [1.807, 2.05) is 6.07 Å². The van der Waals surface area contributed by atoms with Crippen molar-refractivity contribution in [2.24, 2.45) is 11.3 Å². The number of nitrogens with zero attached hydrogens (tertiary/aromatic N) is 2. The zero-order chi connectivity index (χ0) is 15.6. The van der Waals surface area contributed by atoms with Gasteiger partial charge in [-0.25, -0.2) is 0 Å². The standard InChI is InChI=1S/C16H23ClN2O2/c1-16(2,3)13-6-8-18(9-7-13)15-5-4-14(19(20)21)10-12(15)11-17/h4-5,10,13H,6-9,11H2,1-3H3. The maximum atomic E-state index is 10.9. The van der Waals surface area contributed by atoms with Crippen LogP contribution in [0.25, 0.3) is 0 Å². The molecule has 0 radical (unpaired) electrons. The first kappa shape index (κ1) is 16.1. The Bertz CT molecular complexity index is 517. The quantitative estimate of drug-likeness (QED) is 0.466. The Labute approximate surface area is 131 Å². The molecule has 0 bridgehead atoms. The first-order chi connectivity index (χ1) is 9.82. The third-order valence-electron chi connectivity index (χ3n) is 4.48. The summed E-state index contributed by atoms with van der Waals surface area (Å²) in [6, 6.07) is 5.01. The molecule has 1 aromatic carbocycles. The lowest BCUT2D eigenvalue weighted by Gasteiger charge is -2.40. The maximum absolute atomic E-state index is 10.9. The van der Waals surface area contributed by atoms with Crippen LogP contribution in [0.15, 0.2) is 18.2 Å². The summed E-state index contributed by atoms with van der Waals surface area (Å²) >= 11 is 5.98. The van der Waals surface area contributed by atoms with Crippen LogP contribution in [0.2, 0.25) is 0 Å². The monoisotopic (exact) mass is 310 g/mol. The molecule has 1 heterocycles. The summed E-state index contributed by atoms with van der Waals surface area (Å²) in [5.41, 5.74) is 2.35. The molecular formula is C16H23ClN2O2. The van der Waals surface area contributed by atoms with E-state index < -0.39 is 0 Å². The summed E-state index contributed by atoms with van der Waals surface area (Å²) < 4.78 is 0. The molecule has 116 valence electrons. The number of nitro benzene ring substituents is 1. The van der Waals surface area contributed by atoms with Gasteiger partial charge in [-0.05, 0) is 35.8 Å². The van der Waals surface area contributed by atoms with E-state index in [-0.39, 0.29) is 10.6 Å². The van der Waals surface area contributed by atoms with Crippen LogP contribution in [-0.2, 0) is 5.88 Å². The van der Waals surface area contributed by atoms with Gasteiger partial charge in [0.15, 0.2) is 0 Å². The fourth-order valence-electron chi connectivity index (χ4n) is 3.09. The average Bonchev–Trinajstić information content (AvgIpc) is 2.45. The topological polar surface area (TPSA) is 46.4 Å². The van der Waals surface area contributed by atoms with Crippen molar-refractivity contribution in [1.82, 2.24) is 0 Å². The van der Waals surface area contributed by atoms with Crippen LogP contribution in [0.1, 0.15) is 39.2 Å². The molecule has 0 N–H and O–H groups in total. The fourth-order valence-corrected chi connectivity index (χ4v) is 3.30. The van der Waals surface area contributed by atoms with E-state index in [9.17, 15) is 10.1 Å². The number of benzene rings is 1. The molecule has 5 heteroatoms. The summed E-state index contributed by atoms with van der Waals surface area (Å²) in [6.45, 7) is 8.86. The van der Waals surface area contributed by atoms with Gasteiger partial charge in [0.2, 0.25) is 0 Å². The Kier molecular flexibility index (Phi) is 4.77. The molecular weight excluding hydrogens is 288 g/mol. The Morgan fingerprint density at radius 2 is 1.95 bits per heavy atom. The number of hydrogen-bond acceptors (Lipinski definition) is 3. The molecule has 0 aromatic heterocycles. The second-order valence-electron chi connectivity index (χ2n) is 6.83. The molecule has 0 amide bonds. The highest BCUT2D eigenvalue weighted by Crippen LogP contribution is 2.37. The minimum atomic E-state index is -0.369. The Hall–Kier alpha value is -1.29. The van der Waals surface area contributed by atoms with Gasteiger partial charge in [-0.2, -0.15) is 0 Å². The minimum Gasteiger partial charge on any atom is -0.371 e. The average molecular weight is 311 g/mol. The number of alkyl halides is 1. The van der Waals surface area contributed by atoms with Crippen molar-refractivity contribution in [1.29, 1.82) is 0 Å². The van der Waals surface area contributed by atoms with Gasteiger partial charge < -0.3 is 4.90 Å². The van der Waals surface area contributed by atoms with Gasteiger partial charge in [-0.15, -0.1) is 11.6 Å². The van der Waals surface area contributed by atoms with E-state index in [1.165, 1.54) is 0 Å². The zero-order valence-corrected chi connectivity index (χ0v) is 13.7. The van der Waals surface area contributed by atoms with Crippen molar-refractivity contribution in [3.63, 3.8) is 0 Å². The molecule has 4 nitrogen and oxygen atoms in total. The molecule has 1 aliphatic heterocycles. The van der Waals surface area contributed by atoms with Crippen LogP contribution in [0, 0.1) is 21.4 Å². The van der Waals surface area contributed by atoms with Crippen molar-refractivity contribution in [3.8, 4) is 0 Å². The van der Waals surface area contributed by atoms with E-state index >= 15 is 0 Å². The highest BCUT2D eigenvalue weighted by molar-refractivity contribution is 6.17. The van der Waals surface area contributed by atoms with E-state index in [0.717, 1.165) is 43.1 Å². The Morgan fingerprint density at radius 3 is 2.43 bits per heavy atom. The van der Waals surface area contributed by atoms with Gasteiger partial charge in [0.25, 0.3) is 5.69 Å². The summed E-state index contributed by atoms with van der Waals surface area (Å²) in [4.78, 5) is 12.8. The molecule has 0 aliphatic carbocycles. The van der Waals surface area contributed by atoms with Crippen LogP contribution in [0.4, 0.5) is 11.4 Å². The van der Waals surface area contributed by atoms with Crippen LogP contribution in [-0.4, -0.2) is 18.0 Å². The minimum absolute atomic E-state index is 0.110. The fraction of sp³-hybridized carbons (Fsp3) is 0.625. The SMILES string of the molecule is CC(C)(C)C1CCN(c2ccc([N+](=O)[O-])cc2CCl)CC1. The molecule has 2 rings (SSSR count). The number of rotatable bonds is 3. The summed E-state index contributed by atoms with van der Waals surface area (Å²) in [5.74, 6) is 1.03. The number of anilines is 1.